The lowest BCUT2D eigenvalue weighted by Crippen LogP contribution is -2.25. The second-order valence-corrected chi connectivity index (χ2v) is 10.4. The van der Waals surface area contributed by atoms with Crippen LogP contribution in [0.1, 0.15) is 31.9 Å². The Morgan fingerprint density at radius 2 is 1.73 bits per heavy atom. The lowest BCUT2D eigenvalue weighted by molar-refractivity contribution is 0.236. The van der Waals surface area contributed by atoms with Gasteiger partial charge >= 0.3 is 0 Å². The molecule has 1 aliphatic rings. The van der Waals surface area contributed by atoms with E-state index in [-0.39, 0.29) is 16.4 Å². The van der Waals surface area contributed by atoms with Crippen LogP contribution in [0, 0.1) is 12.3 Å². The molecular weight excluding hydrogens is 396 g/mol. The average molecular weight is 423 g/mol. The van der Waals surface area contributed by atoms with Gasteiger partial charge in [-0.15, -0.1) is 0 Å². The highest BCUT2D eigenvalue weighted by Gasteiger charge is 2.32. The number of hydrogen-bond acceptors (Lipinski definition) is 4. The molecule has 4 rings (SSSR count). The summed E-state index contributed by atoms with van der Waals surface area (Å²) in [7, 11) is -3.78. The Morgan fingerprint density at radius 3 is 2.43 bits per heavy atom. The van der Waals surface area contributed by atoms with Gasteiger partial charge in [0, 0.05) is 0 Å². The predicted octanol–water partition coefficient (Wildman–Crippen LogP) is 5.14. The molecule has 0 fully saturated rings. The van der Waals surface area contributed by atoms with Crippen molar-refractivity contribution in [1.29, 1.82) is 0 Å². The standard InChI is InChI=1S/C24H26N2O3S/c1-16-8-7-11-20(23-25-21(15-29-23)24(2,3)4)22(16)26-30(27,28)19-13-12-17-9-5-6-10-18(17)14-19/h5-14,21,26H,15H2,1-4H3/t21-/m1/s1. The molecule has 0 radical (unpaired) electrons. The molecule has 3 aromatic carbocycles. The fraction of sp³-hybridized carbons (Fsp3) is 0.292. The van der Waals surface area contributed by atoms with Crippen LogP contribution >= 0.6 is 0 Å². The van der Waals surface area contributed by atoms with Crippen LogP contribution in [0.5, 0.6) is 0 Å². The first kappa shape index (κ1) is 20.4. The summed E-state index contributed by atoms with van der Waals surface area (Å²) in [6, 6.07) is 18.5. The van der Waals surface area contributed by atoms with Crippen molar-refractivity contribution in [2.45, 2.75) is 38.6 Å². The molecule has 0 aromatic heterocycles. The van der Waals surface area contributed by atoms with E-state index in [9.17, 15) is 8.42 Å². The second-order valence-electron chi connectivity index (χ2n) is 8.74. The van der Waals surface area contributed by atoms with Crippen LogP contribution in [0.4, 0.5) is 5.69 Å². The molecule has 0 amide bonds. The number of hydrogen-bond donors (Lipinski definition) is 1. The minimum Gasteiger partial charge on any atom is -0.475 e. The molecule has 156 valence electrons. The Hall–Kier alpha value is -2.86. The van der Waals surface area contributed by atoms with E-state index < -0.39 is 10.0 Å². The number of anilines is 1. The summed E-state index contributed by atoms with van der Waals surface area (Å²) >= 11 is 0. The van der Waals surface area contributed by atoms with Gasteiger partial charge in [0.15, 0.2) is 0 Å². The van der Waals surface area contributed by atoms with Gasteiger partial charge in [-0.2, -0.15) is 0 Å². The Morgan fingerprint density at radius 1 is 1.00 bits per heavy atom. The van der Waals surface area contributed by atoms with Crippen molar-refractivity contribution < 1.29 is 13.2 Å². The van der Waals surface area contributed by atoms with E-state index in [2.05, 4.69) is 25.5 Å². The maximum Gasteiger partial charge on any atom is 0.261 e. The van der Waals surface area contributed by atoms with Crippen molar-refractivity contribution in [3.63, 3.8) is 0 Å². The van der Waals surface area contributed by atoms with Crippen molar-refractivity contribution in [3.05, 3.63) is 71.8 Å². The molecule has 1 aliphatic heterocycles. The Labute approximate surface area is 177 Å². The van der Waals surface area contributed by atoms with E-state index in [4.69, 9.17) is 9.73 Å². The highest BCUT2D eigenvalue weighted by atomic mass is 32.2. The van der Waals surface area contributed by atoms with Gasteiger partial charge in [-0.1, -0.05) is 63.2 Å². The van der Waals surface area contributed by atoms with Crippen LogP contribution in [0.15, 0.2) is 70.6 Å². The minimum atomic E-state index is -3.78. The summed E-state index contributed by atoms with van der Waals surface area (Å²) in [5, 5.41) is 1.87. The molecule has 1 atom stereocenters. The lowest BCUT2D eigenvalue weighted by Gasteiger charge is -2.21. The van der Waals surface area contributed by atoms with Crippen LogP contribution < -0.4 is 4.72 Å². The number of nitrogens with one attached hydrogen (secondary N) is 1. The molecular formula is C24H26N2O3S. The number of sulfonamides is 1. The normalized spacial score (nSPS) is 16.9. The highest BCUT2D eigenvalue weighted by Crippen LogP contribution is 2.31. The minimum absolute atomic E-state index is 0.0259. The number of fused-ring (bicyclic) bond motifs is 1. The smallest absolute Gasteiger partial charge is 0.261 e. The zero-order chi connectivity index (χ0) is 21.5. The summed E-state index contributed by atoms with van der Waals surface area (Å²) in [5.74, 6) is 0.481. The first-order valence-electron chi connectivity index (χ1n) is 9.97. The fourth-order valence-electron chi connectivity index (χ4n) is 3.47. The van der Waals surface area contributed by atoms with Crippen molar-refractivity contribution in [3.8, 4) is 0 Å². The van der Waals surface area contributed by atoms with E-state index in [0.29, 0.717) is 23.8 Å². The molecule has 6 heteroatoms. The molecule has 1 N–H and O–H groups in total. The third-order valence-electron chi connectivity index (χ3n) is 5.42. The van der Waals surface area contributed by atoms with E-state index >= 15 is 0 Å². The van der Waals surface area contributed by atoms with E-state index in [1.54, 1.807) is 12.1 Å². The quantitative estimate of drug-likeness (QED) is 0.633. The zero-order valence-electron chi connectivity index (χ0n) is 17.6. The van der Waals surface area contributed by atoms with Crippen LogP contribution in [-0.2, 0) is 14.8 Å². The Balaban J connectivity index is 1.72. The Kier molecular flexibility index (Phi) is 5.06. The SMILES string of the molecule is Cc1cccc(C2=N[C@@H](C(C)(C)C)CO2)c1NS(=O)(=O)c1ccc2ccccc2c1. The van der Waals surface area contributed by atoms with E-state index in [1.165, 1.54) is 0 Å². The number of aliphatic imine (C=N–C) groups is 1. The molecule has 5 nitrogen and oxygen atoms in total. The lowest BCUT2D eigenvalue weighted by atomic mass is 9.88. The zero-order valence-corrected chi connectivity index (χ0v) is 18.5. The van der Waals surface area contributed by atoms with Crippen LogP contribution in [0.25, 0.3) is 10.8 Å². The number of rotatable bonds is 4. The molecule has 30 heavy (non-hydrogen) atoms. The van der Waals surface area contributed by atoms with E-state index in [0.717, 1.165) is 16.3 Å². The molecule has 0 bridgehead atoms. The van der Waals surface area contributed by atoms with Gasteiger partial charge in [-0.05, 0) is 46.9 Å². The average Bonchev–Trinajstić information content (AvgIpc) is 3.19. The third kappa shape index (κ3) is 3.92. The first-order valence-corrected chi connectivity index (χ1v) is 11.5. The van der Waals surface area contributed by atoms with Gasteiger partial charge in [0.1, 0.15) is 6.61 Å². The van der Waals surface area contributed by atoms with Crippen molar-refractivity contribution in [2.24, 2.45) is 10.4 Å². The summed E-state index contributed by atoms with van der Waals surface area (Å²) in [6.45, 7) is 8.72. The number of nitrogens with zero attached hydrogens (tertiary/aromatic N) is 1. The molecule has 3 aromatic rings. The number of ether oxygens (including phenoxy) is 1. The predicted molar refractivity (Wildman–Crippen MR) is 122 cm³/mol. The summed E-state index contributed by atoms with van der Waals surface area (Å²) in [4.78, 5) is 4.95. The molecule has 0 unspecified atom stereocenters. The summed E-state index contributed by atoms with van der Waals surface area (Å²) in [6.07, 6.45) is 0. The van der Waals surface area contributed by atoms with Gasteiger partial charge in [0.2, 0.25) is 5.90 Å². The van der Waals surface area contributed by atoms with Gasteiger partial charge in [0.25, 0.3) is 10.0 Å². The van der Waals surface area contributed by atoms with Crippen LogP contribution in [0.3, 0.4) is 0 Å². The van der Waals surface area contributed by atoms with E-state index in [1.807, 2.05) is 55.5 Å². The van der Waals surface area contributed by atoms with Crippen molar-refractivity contribution >= 4 is 32.4 Å². The molecule has 1 heterocycles. The molecule has 0 spiro atoms. The molecule has 0 saturated heterocycles. The van der Waals surface area contributed by atoms with Crippen molar-refractivity contribution in [1.82, 2.24) is 0 Å². The highest BCUT2D eigenvalue weighted by molar-refractivity contribution is 7.92. The topological polar surface area (TPSA) is 67.8 Å². The second kappa shape index (κ2) is 7.43. The summed E-state index contributed by atoms with van der Waals surface area (Å²) in [5.41, 5.74) is 1.93. The largest absolute Gasteiger partial charge is 0.475 e. The number of para-hydroxylation sites is 1. The summed E-state index contributed by atoms with van der Waals surface area (Å²) < 4.78 is 35.0. The first-order chi connectivity index (χ1) is 14.1. The van der Waals surface area contributed by atoms with Crippen LogP contribution in [-0.4, -0.2) is 27.0 Å². The molecule has 0 saturated carbocycles. The maximum atomic E-state index is 13.2. The van der Waals surface area contributed by atoms with Gasteiger partial charge in [-0.3, -0.25) is 4.72 Å². The monoisotopic (exact) mass is 422 g/mol. The van der Waals surface area contributed by atoms with Gasteiger partial charge in [0.05, 0.1) is 22.2 Å². The van der Waals surface area contributed by atoms with Gasteiger partial charge < -0.3 is 4.74 Å². The van der Waals surface area contributed by atoms with Crippen molar-refractivity contribution in [2.75, 3.05) is 11.3 Å². The number of aryl methyl sites for hydroxylation is 1. The molecule has 0 aliphatic carbocycles. The third-order valence-corrected chi connectivity index (χ3v) is 6.77. The number of benzene rings is 3. The fourth-order valence-corrected chi connectivity index (χ4v) is 4.66. The van der Waals surface area contributed by atoms with Gasteiger partial charge in [-0.25, -0.2) is 13.4 Å². The maximum absolute atomic E-state index is 13.2. The Bertz CT molecular complexity index is 1240. The van der Waals surface area contributed by atoms with Crippen LogP contribution in [0.2, 0.25) is 0 Å².